The van der Waals surface area contributed by atoms with Gasteiger partial charge in [-0.05, 0) is 24.6 Å². The number of hydrogen-bond acceptors (Lipinski definition) is 4. The van der Waals surface area contributed by atoms with Gasteiger partial charge < -0.3 is 16.0 Å². The Hall–Kier alpha value is -2.23. The highest BCUT2D eigenvalue weighted by molar-refractivity contribution is 5.74. The number of aryl methyl sites for hydroxylation is 1. The van der Waals surface area contributed by atoms with E-state index in [0.717, 1.165) is 28.4 Å². The van der Waals surface area contributed by atoms with Crippen LogP contribution in [-0.2, 0) is 0 Å². The van der Waals surface area contributed by atoms with Crippen LogP contribution in [0.15, 0.2) is 36.5 Å². The Bertz CT molecular complexity index is 549. The standard InChI is InChI=1S/C14H18N4/c1-10-9-16-14(8-11(10)15)17-12-6-4-5-7-13(12)18(2)3/h4-9H,1-3H3,(H3,15,16,17). The minimum Gasteiger partial charge on any atom is -0.398 e. The van der Waals surface area contributed by atoms with Crippen molar-refractivity contribution in [1.82, 2.24) is 4.98 Å². The van der Waals surface area contributed by atoms with Gasteiger partial charge in [-0.15, -0.1) is 0 Å². The van der Waals surface area contributed by atoms with Crippen LogP contribution in [0.3, 0.4) is 0 Å². The highest BCUT2D eigenvalue weighted by atomic mass is 15.1. The number of nitrogen functional groups attached to an aromatic ring is 1. The van der Waals surface area contributed by atoms with E-state index in [-0.39, 0.29) is 0 Å². The summed E-state index contributed by atoms with van der Waals surface area (Å²) in [6.45, 7) is 1.94. The first kappa shape index (κ1) is 12.2. The minimum absolute atomic E-state index is 0.745. The van der Waals surface area contributed by atoms with Crippen molar-refractivity contribution in [1.29, 1.82) is 0 Å². The fraction of sp³-hybridized carbons (Fsp3) is 0.214. The van der Waals surface area contributed by atoms with Crippen molar-refractivity contribution < 1.29 is 0 Å². The average Bonchev–Trinajstić information content (AvgIpc) is 2.34. The van der Waals surface area contributed by atoms with Gasteiger partial charge in [0, 0.05) is 32.0 Å². The van der Waals surface area contributed by atoms with E-state index in [0.29, 0.717) is 0 Å². The Labute approximate surface area is 107 Å². The quantitative estimate of drug-likeness (QED) is 0.869. The predicted molar refractivity (Wildman–Crippen MR) is 77.4 cm³/mol. The maximum absolute atomic E-state index is 5.88. The highest BCUT2D eigenvalue weighted by Crippen LogP contribution is 2.27. The Morgan fingerprint density at radius 3 is 2.61 bits per heavy atom. The van der Waals surface area contributed by atoms with Gasteiger partial charge in [0.25, 0.3) is 0 Å². The third-order valence-corrected chi connectivity index (χ3v) is 2.79. The smallest absolute Gasteiger partial charge is 0.132 e. The third-order valence-electron chi connectivity index (χ3n) is 2.79. The molecule has 0 unspecified atom stereocenters. The van der Waals surface area contributed by atoms with Crippen LogP contribution in [-0.4, -0.2) is 19.1 Å². The van der Waals surface area contributed by atoms with Gasteiger partial charge in [-0.2, -0.15) is 0 Å². The molecule has 0 saturated heterocycles. The van der Waals surface area contributed by atoms with Crippen LogP contribution in [0, 0.1) is 6.92 Å². The highest BCUT2D eigenvalue weighted by Gasteiger charge is 2.05. The Kier molecular flexibility index (Phi) is 3.37. The topological polar surface area (TPSA) is 54.2 Å². The van der Waals surface area contributed by atoms with Crippen LogP contribution in [0.4, 0.5) is 22.9 Å². The summed E-state index contributed by atoms with van der Waals surface area (Å²) in [6.07, 6.45) is 1.77. The van der Waals surface area contributed by atoms with Crippen LogP contribution >= 0.6 is 0 Å². The van der Waals surface area contributed by atoms with E-state index in [1.54, 1.807) is 6.20 Å². The molecule has 2 aromatic rings. The number of benzene rings is 1. The number of aromatic nitrogens is 1. The molecule has 0 fully saturated rings. The molecule has 0 spiro atoms. The van der Waals surface area contributed by atoms with E-state index in [9.17, 15) is 0 Å². The molecule has 4 nitrogen and oxygen atoms in total. The number of rotatable bonds is 3. The number of nitrogens with zero attached hydrogens (tertiary/aromatic N) is 2. The first-order valence-electron chi connectivity index (χ1n) is 5.83. The average molecular weight is 242 g/mol. The summed E-state index contributed by atoms with van der Waals surface area (Å²) in [5.74, 6) is 0.757. The number of nitrogens with two attached hydrogens (primary N) is 1. The maximum Gasteiger partial charge on any atom is 0.132 e. The summed E-state index contributed by atoms with van der Waals surface area (Å²) in [5, 5.41) is 3.29. The monoisotopic (exact) mass is 242 g/mol. The van der Waals surface area contributed by atoms with Crippen LogP contribution in [0.2, 0.25) is 0 Å². The van der Waals surface area contributed by atoms with E-state index in [1.807, 2.05) is 45.3 Å². The summed E-state index contributed by atoms with van der Waals surface area (Å²) in [5.41, 5.74) is 9.74. The van der Waals surface area contributed by atoms with Gasteiger partial charge in [0.1, 0.15) is 5.82 Å². The molecule has 0 amide bonds. The largest absolute Gasteiger partial charge is 0.398 e. The predicted octanol–water partition coefficient (Wildman–Crippen LogP) is 2.78. The van der Waals surface area contributed by atoms with Crippen LogP contribution < -0.4 is 16.0 Å². The van der Waals surface area contributed by atoms with Gasteiger partial charge in [-0.25, -0.2) is 4.98 Å². The van der Waals surface area contributed by atoms with E-state index >= 15 is 0 Å². The molecule has 2 rings (SSSR count). The van der Waals surface area contributed by atoms with E-state index < -0.39 is 0 Å². The summed E-state index contributed by atoms with van der Waals surface area (Å²) >= 11 is 0. The van der Waals surface area contributed by atoms with Gasteiger partial charge in [-0.3, -0.25) is 0 Å². The van der Waals surface area contributed by atoms with Crippen LogP contribution in [0.1, 0.15) is 5.56 Å². The number of pyridine rings is 1. The lowest BCUT2D eigenvalue weighted by atomic mass is 10.2. The lowest BCUT2D eigenvalue weighted by molar-refractivity contribution is 1.13. The van der Waals surface area contributed by atoms with Crippen molar-refractivity contribution in [3.05, 3.63) is 42.1 Å². The summed E-state index contributed by atoms with van der Waals surface area (Å²) < 4.78 is 0. The third kappa shape index (κ3) is 2.53. The van der Waals surface area contributed by atoms with Crippen molar-refractivity contribution in [2.45, 2.75) is 6.92 Å². The molecule has 18 heavy (non-hydrogen) atoms. The lowest BCUT2D eigenvalue weighted by Crippen LogP contribution is -2.11. The molecule has 1 aromatic heterocycles. The second-order valence-electron chi connectivity index (χ2n) is 4.46. The molecule has 0 aliphatic carbocycles. The Morgan fingerprint density at radius 1 is 1.22 bits per heavy atom. The van der Waals surface area contributed by atoms with Crippen molar-refractivity contribution in [3.63, 3.8) is 0 Å². The minimum atomic E-state index is 0.745. The summed E-state index contributed by atoms with van der Waals surface area (Å²) in [7, 11) is 4.02. The molecular formula is C14H18N4. The molecule has 0 saturated carbocycles. The number of nitrogens with one attached hydrogen (secondary N) is 1. The van der Waals surface area contributed by atoms with Gasteiger partial charge in [0.05, 0.1) is 11.4 Å². The molecule has 0 aliphatic heterocycles. The van der Waals surface area contributed by atoms with E-state index in [2.05, 4.69) is 21.3 Å². The summed E-state index contributed by atoms with van der Waals surface area (Å²) in [6, 6.07) is 9.93. The zero-order valence-electron chi connectivity index (χ0n) is 10.9. The molecule has 0 bridgehead atoms. The molecule has 0 aliphatic rings. The van der Waals surface area contributed by atoms with Crippen molar-refractivity contribution in [2.24, 2.45) is 0 Å². The molecular weight excluding hydrogens is 224 g/mol. The second-order valence-corrected chi connectivity index (χ2v) is 4.46. The van der Waals surface area contributed by atoms with Crippen LogP contribution in [0.25, 0.3) is 0 Å². The van der Waals surface area contributed by atoms with Crippen molar-refractivity contribution in [3.8, 4) is 0 Å². The van der Waals surface area contributed by atoms with Crippen molar-refractivity contribution in [2.75, 3.05) is 30.0 Å². The molecule has 94 valence electrons. The Balaban J connectivity index is 2.31. The molecule has 4 heteroatoms. The van der Waals surface area contributed by atoms with E-state index in [1.165, 1.54) is 0 Å². The van der Waals surface area contributed by atoms with Gasteiger partial charge >= 0.3 is 0 Å². The zero-order valence-corrected chi connectivity index (χ0v) is 10.9. The molecule has 1 heterocycles. The van der Waals surface area contributed by atoms with Gasteiger partial charge in [-0.1, -0.05) is 12.1 Å². The number of anilines is 4. The normalized spacial score (nSPS) is 10.2. The zero-order chi connectivity index (χ0) is 13.1. The molecule has 0 radical (unpaired) electrons. The molecule has 0 atom stereocenters. The molecule has 3 N–H and O–H groups in total. The van der Waals surface area contributed by atoms with Gasteiger partial charge in [0.2, 0.25) is 0 Å². The van der Waals surface area contributed by atoms with E-state index in [4.69, 9.17) is 5.73 Å². The number of para-hydroxylation sites is 2. The Morgan fingerprint density at radius 2 is 1.94 bits per heavy atom. The first-order chi connectivity index (χ1) is 8.58. The van der Waals surface area contributed by atoms with Crippen molar-refractivity contribution >= 4 is 22.9 Å². The SMILES string of the molecule is Cc1cnc(Nc2ccccc2N(C)C)cc1N. The van der Waals surface area contributed by atoms with Gasteiger partial charge in [0.15, 0.2) is 0 Å². The van der Waals surface area contributed by atoms with Crippen LogP contribution in [0.5, 0.6) is 0 Å². The second kappa shape index (κ2) is 4.96. The molecule has 1 aromatic carbocycles. The summed E-state index contributed by atoms with van der Waals surface area (Å²) in [4.78, 5) is 6.38. The number of hydrogen-bond donors (Lipinski definition) is 2. The fourth-order valence-electron chi connectivity index (χ4n) is 1.71. The lowest BCUT2D eigenvalue weighted by Gasteiger charge is -2.18. The first-order valence-corrected chi connectivity index (χ1v) is 5.83. The fourth-order valence-corrected chi connectivity index (χ4v) is 1.71. The maximum atomic E-state index is 5.88.